The van der Waals surface area contributed by atoms with Gasteiger partial charge in [-0.25, -0.2) is 0 Å². The van der Waals surface area contributed by atoms with Crippen LogP contribution < -0.4 is 0 Å². The predicted octanol–water partition coefficient (Wildman–Crippen LogP) is 15.2. The van der Waals surface area contributed by atoms with Crippen molar-refractivity contribution in [2.45, 2.75) is 65.7 Å². The minimum Gasteiger partial charge on any atom is -0.501 e. The molecule has 0 fully saturated rings. The maximum atomic E-state index is 6.73. The molecule has 6 heteroatoms. The van der Waals surface area contributed by atoms with Gasteiger partial charge >= 0.3 is 0 Å². The molecule has 0 aliphatic rings. The third kappa shape index (κ3) is 8.67. The minimum absolute atomic E-state index is 0. The smallest absolute Gasteiger partial charge is 0.121 e. The molecule has 10 rings (SSSR count). The standard InChI is InChI=1S/C43H35N2O.C14H15N2.Ir/c1-27(2)36-24-32(30-16-9-6-10-17-30)25-37(28(3)4)41(36)45-39-21-12-11-20-38(39)44-43(45)35-19-13-18-34-33-23-22-31(26-40(33)46-42(34)35)29-14-7-5-8-15-29;1-14(2,3)12-9-10-15-13(16-12)11-7-5-4-6-8-11;/h5-18,20-28H,1-4H3;4-7,9-10H,1-3H3;/q2*-1;. The van der Waals surface area contributed by atoms with Gasteiger partial charge in [0.25, 0.3) is 0 Å². The third-order valence-corrected chi connectivity index (χ3v) is 11.4. The number of furan rings is 1. The van der Waals surface area contributed by atoms with Crippen molar-refractivity contribution in [2.75, 3.05) is 0 Å². The summed E-state index contributed by atoms with van der Waals surface area (Å²) in [5.74, 6) is 2.15. The molecule has 0 aliphatic carbocycles. The minimum atomic E-state index is 0. The normalized spacial score (nSPS) is 11.6. The number of hydrogen-bond acceptors (Lipinski definition) is 4. The van der Waals surface area contributed by atoms with Crippen molar-refractivity contribution >= 4 is 33.0 Å². The van der Waals surface area contributed by atoms with Crippen molar-refractivity contribution in [1.82, 2.24) is 19.5 Å². The monoisotopic (exact) mass is 999 g/mol. The molecule has 0 atom stereocenters. The van der Waals surface area contributed by atoms with Crippen LogP contribution >= 0.6 is 0 Å². The summed E-state index contributed by atoms with van der Waals surface area (Å²) in [6.45, 7) is 15.6. The summed E-state index contributed by atoms with van der Waals surface area (Å²) in [4.78, 5) is 14.2. The molecule has 5 nitrogen and oxygen atoms in total. The Morgan fingerprint density at radius 2 is 1.24 bits per heavy atom. The molecule has 3 aromatic heterocycles. The van der Waals surface area contributed by atoms with Crippen molar-refractivity contribution in [2.24, 2.45) is 0 Å². The van der Waals surface area contributed by atoms with Gasteiger partial charge in [-0.1, -0.05) is 144 Å². The zero-order valence-electron chi connectivity index (χ0n) is 36.8. The molecular weight excluding hydrogens is 949 g/mol. The number of aromatic nitrogens is 4. The number of imidazole rings is 1. The summed E-state index contributed by atoms with van der Waals surface area (Å²) in [5, 5.41) is 2.15. The van der Waals surface area contributed by atoms with Crippen LogP contribution in [0.15, 0.2) is 168 Å². The second kappa shape index (κ2) is 18.1. The summed E-state index contributed by atoms with van der Waals surface area (Å²) in [6.07, 6.45) is 1.81. The Morgan fingerprint density at radius 3 is 1.89 bits per heavy atom. The van der Waals surface area contributed by atoms with Gasteiger partial charge in [0.15, 0.2) is 0 Å². The van der Waals surface area contributed by atoms with Gasteiger partial charge in [0, 0.05) is 48.5 Å². The van der Waals surface area contributed by atoms with E-state index in [9.17, 15) is 0 Å². The van der Waals surface area contributed by atoms with E-state index in [0.29, 0.717) is 0 Å². The van der Waals surface area contributed by atoms with E-state index in [0.717, 1.165) is 67.0 Å². The zero-order valence-corrected chi connectivity index (χ0v) is 39.2. The van der Waals surface area contributed by atoms with Gasteiger partial charge in [0.05, 0.1) is 28.3 Å². The topological polar surface area (TPSA) is 56.7 Å². The number of rotatable bonds is 7. The van der Waals surface area contributed by atoms with Gasteiger partial charge in [0.2, 0.25) is 0 Å². The van der Waals surface area contributed by atoms with E-state index in [1.54, 1.807) is 0 Å². The largest absolute Gasteiger partial charge is 0.501 e. The molecule has 0 bridgehead atoms. The van der Waals surface area contributed by atoms with E-state index in [1.165, 1.54) is 33.5 Å². The number of para-hydroxylation sites is 2. The average Bonchev–Trinajstić information content (AvgIpc) is 3.88. The van der Waals surface area contributed by atoms with Gasteiger partial charge in [-0.3, -0.25) is 15.0 Å². The zero-order chi connectivity index (χ0) is 43.0. The fourth-order valence-electron chi connectivity index (χ4n) is 8.19. The molecule has 0 saturated carbocycles. The first-order valence-electron chi connectivity index (χ1n) is 21.5. The molecule has 0 aliphatic heterocycles. The molecule has 0 N–H and O–H groups in total. The first kappa shape index (κ1) is 43.2. The molecule has 0 unspecified atom stereocenters. The SMILES string of the molecule is CC(C)(C)c1ccnc(-c2[c-]cccc2)n1.CC(C)c1cc(-c2ccccc2)cc(C(C)C)c1-n1c(-c2[c-]ccc3c2oc2cc(-c4ccccc4)ccc23)nc2ccccc21.[Ir]. The molecule has 0 spiro atoms. The van der Waals surface area contributed by atoms with E-state index < -0.39 is 0 Å². The second-order valence-electron chi connectivity index (χ2n) is 17.5. The summed E-state index contributed by atoms with van der Waals surface area (Å²) in [7, 11) is 0. The summed E-state index contributed by atoms with van der Waals surface area (Å²) >= 11 is 0. The maximum Gasteiger partial charge on any atom is 0.121 e. The van der Waals surface area contributed by atoms with E-state index >= 15 is 0 Å². The van der Waals surface area contributed by atoms with Crippen molar-refractivity contribution in [1.29, 1.82) is 0 Å². The number of hydrogen-bond donors (Lipinski definition) is 0. The van der Waals surface area contributed by atoms with E-state index in [1.807, 2.05) is 48.7 Å². The Kier molecular flexibility index (Phi) is 12.4. The van der Waals surface area contributed by atoms with Crippen molar-refractivity contribution in [3.63, 3.8) is 0 Å². The van der Waals surface area contributed by atoms with Crippen LogP contribution in [0.25, 0.3) is 83.7 Å². The molecule has 63 heavy (non-hydrogen) atoms. The molecule has 3 heterocycles. The quantitative estimate of drug-likeness (QED) is 0.149. The number of fused-ring (bicyclic) bond motifs is 4. The fourth-order valence-corrected chi connectivity index (χ4v) is 8.19. The molecule has 10 aromatic rings. The first-order valence-corrected chi connectivity index (χ1v) is 21.5. The van der Waals surface area contributed by atoms with Crippen molar-refractivity contribution in [3.8, 4) is 50.7 Å². The fraction of sp³-hybridized carbons (Fsp3) is 0.175. The predicted molar refractivity (Wildman–Crippen MR) is 257 cm³/mol. The average molecular weight is 999 g/mol. The molecule has 0 amide bonds. The Hall–Kier alpha value is -6.46. The Morgan fingerprint density at radius 1 is 0.587 bits per heavy atom. The van der Waals surface area contributed by atoms with Crippen molar-refractivity contribution in [3.05, 3.63) is 193 Å². The Balaban J connectivity index is 0.000000271. The van der Waals surface area contributed by atoms with Crippen LogP contribution in [0.1, 0.15) is 77.1 Å². The second-order valence-corrected chi connectivity index (χ2v) is 17.5. The van der Waals surface area contributed by atoms with Crippen molar-refractivity contribution < 1.29 is 24.5 Å². The Bertz CT molecular complexity index is 3130. The van der Waals surface area contributed by atoms with Crippen LogP contribution in [0.3, 0.4) is 0 Å². The molecule has 0 saturated heterocycles. The Labute approximate surface area is 384 Å². The van der Waals surface area contributed by atoms with E-state index in [4.69, 9.17) is 9.40 Å². The van der Waals surface area contributed by atoms with Gasteiger partial charge in [-0.15, -0.1) is 54.1 Å². The van der Waals surface area contributed by atoms with Gasteiger partial charge in [0.1, 0.15) is 5.58 Å². The van der Waals surface area contributed by atoms with Crippen LogP contribution in [-0.2, 0) is 25.5 Å². The van der Waals surface area contributed by atoms with E-state index in [2.05, 4.69) is 190 Å². The molecule has 315 valence electrons. The van der Waals surface area contributed by atoms with Crippen LogP contribution in [0.5, 0.6) is 0 Å². The number of nitrogens with zero attached hydrogens (tertiary/aromatic N) is 4. The molecule has 7 aromatic carbocycles. The van der Waals surface area contributed by atoms with Crippen LogP contribution in [-0.4, -0.2) is 19.5 Å². The van der Waals surface area contributed by atoms with Crippen LogP contribution in [0.2, 0.25) is 0 Å². The maximum absolute atomic E-state index is 6.73. The first-order chi connectivity index (χ1) is 30.0. The number of benzene rings is 7. The van der Waals surface area contributed by atoms with Gasteiger partial charge < -0.3 is 8.98 Å². The van der Waals surface area contributed by atoms with Gasteiger partial charge in [-0.2, -0.15) is 0 Å². The van der Waals surface area contributed by atoms with E-state index in [-0.39, 0.29) is 37.4 Å². The molecular formula is C57H50IrN4O-2. The summed E-state index contributed by atoms with van der Waals surface area (Å²) < 4.78 is 9.10. The van der Waals surface area contributed by atoms with Gasteiger partial charge in [-0.05, 0) is 81.6 Å². The van der Waals surface area contributed by atoms with Crippen LogP contribution in [0.4, 0.5) is 0 Å². The summed E-state index contributed by atoms with van der Waals surface area (Å²) in [5.41, 5.74) is 15.1. The van der Waals surface area contributed by atoms with Crippen LogP contribution in [0, 0.1) is 12.1 Å². The summed E-state index contributed by atoms with van der Waals surface area (Å²) in [6, 6.07) is 61.4. The molecule has 1 radical (unpaired) electrons. The third-order valence-electron chi connectivity index (χ3n) is 11.4.